The predicted molar refractivity (Wildman–Crippen MR) is 140 cm³/mol. The lowest BCUT2D eigenvalue weighted by Gasteiger charge is -2.22. The van der Waals surface area contributed by atoms with Gasteiger partial charge >= 0.3 is 12.1 Å². The molecule has 15 heteroatoms. The molecule has 0 bridgehead atoms. The van der Waals surface area contributed by atoms with Crippen LogP contribution in [-0.4, -0.2) is 89.1 Å². The van der Waals surface area contributed by atoms with Gasteiger partial charge in [-0.15, -0.1) is 0 Å². The summed E-state index contributed by atoms with van der Waals surface area (Å²) in [7, 11) is 5.40. The SMILES string of the molecule is COCCn1c(C(=O)N(CC(N)=O)Cc2ccccc2)cc2c(N(C)C)nc(SC)nc21.O=C(O)C(F)(F)F. The van der Waals surface area contributed by atoms with Crippen LogP contribution >= 0.6 is 11.8 Å². The van der Waals surface area contributed by atoms with Crippen LogP contribution in [0.1, 0.15) is 16.1 Å². The number of aromatic nitrogens is 3. The minimum atomic E-state index is -5.08. The Morgan fingerprint density at radius 3 is 2.26 bits per heavy atom. The largest absolute Gasteiger partial charge is 0.490 e. The van der Waals surface area contributed by atoms with Gasteiger partial charge in [0.05, 0.1) is 12.0 Å². The van der Waals surface area contributed by atoms with Crippen molar-refractivity contribution in [3.05, 3.63) is 47.7 Å². The maximum absolute atomic E-state index is 13.7. The molecule has 39 heavy (non-hydrogen) atoms. The van der Waals surface area contributed by atoms with Gasteiger partial charge in [0.2, 0.25) is 5.91 Å². The molecule has 0 unspecified atom stereocenters. The van der Waals surface area contributed by atoms with E-state index in [0.29, 0.717) is 35.5 Å². The fourth-order valence-corrected chi connectivity index (χ4v) is 3.82. The number of nitrogens with two attached hydrogens (primary N) is 1. The molecule has 3 rings (SSSR count). The van der Waals surface area contributed by atoms with Gasteiger partial charge in [-0.1, -0.05) is 42.1 Å². The number of primary amides is 1. The van der Waals surface area contributed by atoms with Crippen LogP contribution in [0.15, 0.2) is 41.6 Å². The fourth-order valence-electron chi connectivity index (χ4n) is 3.46. The van der Waals surface area contributed by atoms with Crippen LogP contribution in [0, 0.1) is 0 Å². The summed E-state index contributed by atoms with van der Waals surface area (Å²) in [5, 5.41) is 8.49. The van der Waals surface area contributed by atoms with Gasteiger partial charge in [0.25, 0.3) is 5.91 Å². The number of benzene rings is 1. The summed E-state index contributed by atoms with van der Waals surface area (Å²) in [5.74, 6) is -2.92. The Bertz CT molecular complexity index is 1300. The van der Waals surface area contributed by atoms with Crippen molar-refractivity contribution in [1.82, 2.24) is 19.4 Å². The number of carboxylic acids is 1. The van der Waals surface area contributed by atoms with Gasteiger partial charge in [0.15, 0.2) is 5.16 Å². The van der Waals surface area contributed by atoms with Crippen molar-refractivity contribution in [2.45, 2.75) is 24.4 Å². The number of carboxylic acid groups (broad SMARTS) is 1. The predicted octanol–water partition coefficient (Wildman–Crippen LogP) is 2.63. The summed E-state index contributed by atoms with van der Waals surface area (Å²) in [6, 6.07) is 11.3. The number of hydrogen-bond donors (Lipinski definition) is 2. The molecule has 0 spiro atoms. The molecule has 212 valence electrons. The van der Waals surface area contributed by atoms with Crippen molar-refractivity contribution < 1.29 is 37.4 Å². The van der Waals surface area contributed by atoms with Crippen LogP contribution in [0.4, 0.5) is 19.0 Å². The number of nitrogens with zero attached hydrogens (tertiary/aromatic N) is 5. The monoisotopic (exact) mass is 570 g/mol. The molecular formula is C24H29F3N6O5S. The van der Waals surface area contributed by atoms with Crippen LogP contribution in [0.2, 0.25) is 0 Å². The smallest absolute Gasteiger partial charge is 0.475 e. The number of halogens is 3. The second-order valence-corrected chi connectivity index (χ2v) is 9.03. The molecule has 0 atom stereocenters. The van der Waals surface area contributed by atoms with E-state index in [2.05, 4.69) is 9.97 Å². The molecule has 2 amide bonds. The Labute approximate surface area is 226 Å². The number of thioether (sulfide) groups is 1. The van der Waals surface area contributed by atoms with Crippen molar-refractivity contribution >= 4 is 46.4 Å². The van der Waals surface area contributed by atoms with E-state index in [1.807, 2.05) is 60.1 Å². The van der Waals surface area contributed by atoms with E-state index < -0.39 is 18.1 Å². The number of carbonyl (C=O) groups excluding carboxylic acids is 2. The van der Waals surface area contributed by atoms with Crippen LogP contribution in [0.25, 0.3) is 11.0 Å². The minimum Gasteiger partial charge on any atom is -0.475 e. The van der Waals surface area contributed by atoms with E-state index in [4.69, 9.17) is 20.4 Å². The van der Waals surface area contributed by atoms with Gasteiger partial charge in [-0.2, -0.15) is 13.2 Å². The van der Waals surface area contributed by atoms with E-state index in [1.165, 1.54) is 16.7 Å². The number of hydrogen-bond acceptors (Lipinski definition) is 8. The number of fused-ring (bicyclic) bond motifs is 1. The van der Waals surface area contributed by atoms with Gasteiger partial charge in [0.1, 0.15) is 23.7 Å². The number of alkyl halides is 3. The highest BCUT2D eigenvalue weighted by Gasteiger charge is 2.38. The topological polar surface area (TPSA) is 144 Å². The molecule has 3 aromatic rings. The first-order valence-electron chi connectivity index (χ1n) is 11.3. The van der Waals surface area contributed by atoms with E-state index in [-0.39, 0.29) is 19.0 Å². The van der Waals surface area contributed by atoms with Gasteiger partial charge in [-0.05, 0) is 17.9 Å². The second kappa shape index (κ2) is 13.8. The number of ether oxygens (including phenoxy) is 1. The van der Waals surface area contributed by atoms with Crippen molar-refractivity contribution in [2.24, 2.45) is 5.73 Å². The lowest BCUT2D eigenvalue weighted by molar-refractivity contribution is -0.192. The summed E-state index contributed by atoms with van der Waals surface area (Å²) in [6.07, 6.45) is -3.18. The number of amides is 2. The van der Waals surface area contributed by atoms with Crippen molar-refractivity contribution in [1.29, 1.82) is 0 Å². The molecule has 0 fully saturated rings. The molecular weight excluding hydrogens is 541 g/mol. The van der Waals surface area contributed by atoms with Gasteiger partial charge in [-0.3, -0.25) is 9.59 Å². The molecule has 0 aliphatic heterocycles. The third-order valence-electron chi connectivity index (χ3n) is 5.15. The molecule has 0 aliphatic carbocycles. The van der Waals surface area contributed by atoms with Crippen LogP contribution in [-0.2, 0) is 27.4 Å². The zero-order valence-electron chi connectivity index (χ0n) is 21.7. The lowest BCUT2D eigenvalue weighted by Crippen LogP contribution is -2.39. The molecule has 2 heterocycles. The highest BCUT2D eigenvalue weighted by molar-refractivity contribution is 7.98. The first kappa shape index (κ1) is 31.4. The standard InChI is InChI=1S/C22H28N6O3S.C2HF3O2/c1-26(2)19-16-12-17(28(10-11-31-3)20(16)25-22(24-19)32-4)21(30)27(14-18(23)29)13-15-8-6-5-7-9-15;3-2(4,5)1(6)7/h5-9,12H,10-11,13-14H2,1-4H3,(H2,23,29);(H,6,7). The van der Waals surface area contributed by atoms with E-state index in [0.717, 1.165) is 10.9 Å². The normalized spacial score (nSPS) is 11.1. The molecule has 11 nitrogen and oxygen atoms in total. The van der Waals surface area contributed by atoms with E-state index in [9.17, 15) is 22.8 Å². The number of carbonyl (C=O) groups is 3. The van der Waals surface area contributed by atoms with Gasteiger partial charge in [0, 0.05) is 34.3 Å². The second-order valence-electron chi connectivity index (χ2n) is 8.26. The molecule has 0 radical (unpaired) electrons. The first-order valence-corrected chi connectivity index (χ1v) is 12.6. The van der Waals surface area contributed by atoms with Crippen molar-refractivity contribution in [2.75, 3.05) is 45.5 Å². The summed E-state index contributed by atoms with van der Waals surface area (Å²) in [5.41, 5.74) is 7.42. The Morgan fingerprint density at radius 2 is 1.77 bits per heavy atom. The Morgan fingerprint density at radius 1 is 1.15 bits per heavy atom. The highest BCUT2D eigenvalue weighted by atomic mass is 32.2. The van der Waals surface area contributed by atoms with Gasteiger partial charge < -0.3 is 29.9 Å². The molecule has 0 saturated carbocycles. The maximum atomic E-state index is 13.7. The molecule has 3 N–H and O–H groups in total. The maximum Gasteiger partial charge on any atom is 0.490 e. The Hall–Kier alpha value is -3.85. The third-order valence-corrected chi connectivity index (χ3v) is 5.70. The van der Waals surface area contributed by atoms with Crippen molar-refractivity contribution in [3.8, 4) is 0 Å². The van der Waals surface area contributed by atoms with Crippen LogP contribution in [0.3, 0.4) is 0 Å². The fraction of sp³-hybridized carbons (Fsp3) is 0.375. The van der Waals surface area contributed by atoms with E-state index in [1.54, 1.807) is 13.2 Å². The molecule has 0 aliphatic rings. The average Bonchev–Trinajstić information content (AvgIpc) is 3.24. The average molecular weight is 571 g/mol. The Balaban J connectivity index is 0.000000673. The summed E-state index contributed by atoms with van der Waals surface area (Å²) in [4.78, 5) is 46.9. The summed E-state index contributed by atoms with van der Waals surface area (Å²) >= 11 is 1.43. The molecule has 0 saturated heterocycles. The minimum absolute atomic E-state index is 0.193. The molecule has 1 aromatic carbocycles. The van der Waals surface area contributed by atoms with Gasteiger partial charge in [-0.25, -0.2) is 14.8 Å². The number of aliphatic carboxylic acids is 1. The summed E-state index contributed by atoms with van der Waals surface area (Å²) < 4.78 is 38.8. The quantitative estimate of drug-likeness (QED) is 0.278. The lowest BCUT2D eigenvalue weighted by atomic mass is 10.2. The number of rotatable bonds is 10. The molecule has 2 aromatic heterocycles. The Kier molecular flexibility index (Phi) is 11.1. The zero-order chi connectivity index (χ0) is 29.3. The summed E-state index contributed by atoms with van der Waals surface area (Å²) in [6.45, 7) is 0.890. The number of methoxy groups -OCH3 is 1. The third kappa shape index (κ3) is 8.58. The van der Waals surface area contributed by atoms with Crippen LogP contribution < -0.4 is 10.6 Å². The number of anilines is 1. The van der Waals surface area contributed by atoms with Crippen molar-refractivity contribution in [3.63, 3.8) is 0 Å². The highest BCUT2D eigenvalue weighted by Crippen LogP contribution is 2.29. The van der Waals surface area contributed by atoms with E-state index >= 15 is 0 Å². The van der Waals surface area contributed by atoms with Crippen LogP contribution in [0.5, 0.6) is 0 Å². The zero-order valence-corrected chi connectivity index (χ0v) is 22.5. The first-order chi connectivity index (χ1) is 18.3.